The van der Waals surface area contributed by atoms with Crippen molar-refractivity contribution >= 4 is 15.9 Å². The molecule has 0 aliphatic rings. The van der Waals surface area contributed by atoms with Crippen LogP contribution in [0.25, 0.3) is 0 Å². The summed E-state index contributed by atoms with van der Waals surface area (Å²) in [7, 11) is 0. The molecule has 21 heavy (non-hydrogen) atoms. The fraction of sp³-hybridized carbons (Fsp3) is 0.312. The first-order valence-electron chi connectivity index (χ1n) is 6.93. The molecule has 1 atom stereocenters. The summed E-state index contributed by atoms with van der Waals surface area (Å²) in [5.74, 6) is 0.758. The average molecular weight is 353 g/mol. The highest BCUT2D eigenvalue weighted by Crippen LogP contribution is 2.32. The van der Waals surface area contributed by atoms with E-state index < -0.39 is 0 Å². The van der Waals surface area contributed by atoms with Crippen LogP contribution < -0.4 is 10.1 Å². The number of nitrogens with zero attached hydrogens (tertiary/aromatic N) is 1. The number of nitrogens with one attached hydrogen (secondary N) is 1. The van der Waals surface area contributed by atoms with Crippen LogP contribution in [-0.4, -0.2) is 11.5 Å². The predicted molar refractivity (Wildman–Crippen MR) is 85.1 cm³/mol. The molecule has 5 heteroatoms. The molecule has 0 bridgehead atoms. The van der Waals surface area contributed by atoms with Crippen molar-refractivity contribution in [3.8, 4) is 11.6 Å². The van der Waals surface area contributed by atoms with Crippen molar-refractivity contribution in [2.75, 3.05) is 6.54 Å². The Balaban J connectivity index is 2.23. The SMILES string of the molecule is CCCNC(C)c1cccnc1Oc1ccc(F)cc1Br. The largest absolute Gasteiger partial charge is 0.437 e. The molecular formula is C16H18BrFN2O. The average Bonchev–Trinajstić information content (AvgIpc) is 2.48. The molecule has 0 saturated heterocycles. The normalized spacial score (nSPS) is 12.2. The number of halogens is 2. The molecule has 2 rings (SSSR count). The molecule has 2 aromatic rings. The number of benzene rings is 1. The Hall–Kier alpha value is -1.46. The van der Waals surface area contributed by atoms with E-state index in [-0.39, 0.29) is 11.9 Å². The van der Waals surface area contributed by atoms with E-state index in [1.54, 1.807) is 12.3 Å². The first-order valence-corrected chi connectivity index (χ1v) is 7.72. The molecule has 0 spiro atoms. The zero-order chi connectivity index (χ0) is 15.2. The maximum absolute atomic E-state index is 13.1. The summed E-state index contributed by atoms with van der Waals surface area (Å²) < 4.78 is 19.5. The molecule has 1 N–H and O–H groups in total. The second kappa shape index (κ2) is 7.52. The van der Waals surface area contributed by atoms with Gasteiger partial charge in [0.1, 0.15) is 11.6 Å². The van der Waals surface area contributed by atoms with E-state index in [0.717, 1.165) is 18.5 Å². The van der Waals surface area contributed by atoms with Gasteiger partial charge in [-0.25, -0.2) is 9.37 Å². The Bertz CT molecular complexity index is 607. The number of pyridine rings is 1. The van der Waals surface area contributed by atoms with Gasteiger partial charge in [0.25, 0.3) is 0 Å². The van der Waals surface area contributed by atoms with E-state index >= 15 is 0 Å². The topological polar surface area (TPSA) is 34.2 Å². The van der Waals surface area contributed by atoms with Crippen molar-refractivity contribution in [2.45, 2.75) is 26.3 Å². The maximum Gasteiger partial charge on any atom is 0.224 e. The second-order valence-electron chi connectivity index (χ2n) is 4.75. The molecule has 0 saturated carbocycles. The van der Waals surface area contributed by atoms with Crippen LogP contribution >= 0.6 is 15.9 Å². The minimum Gasteiger partial charge on any atom is -0.437 e. The lowest BCUT2D eigenvalue weighted by Crippen LogP contribution is -2.20. The molecule has 3 nitrogen and oxygen atoms in total. The molecule has 0 amide bonds. The van der Waals surface area contributed by atoms with Gasteiger partial charge >= 0.3 is 0 Å². The summed E-state index contributed by atoms with van der Waals surface area (Å²) in [4.78, 5) is 4.29. The monoisotopic (exact) mass is 352 g/mol. The van der Waals surface area contributed by atoms with Gasteiger partial charge in [0.05, 0.1) is 4.47 Å². The third-order valence-electron chi connectivity index (χ3n) is 3.07. The van der Waals surface area contributed by atoms with Gasteiger partial charge in [-0.05, 0) is 60.1 Å². The Kier molecular flexibility index (Phi) is 5.70. The van der Waals surface area contributed by atoms with Gasteiger partial charge in [-0.2, -0.15) is 0 Å². The van der Waals surface area contributed by atoms with Gasteiger partial charge in [-0.15, -0.1) is 0 Å². The summed E-state index contributed by atoms with van der Waals surface area (Å²) >= 11 is 3.30. The molecule has 0 radical (unpaired) electrons. The summed E-state index contributed by atoms with van der Waals surface area (Å²) in [6, 6.07) is 8.31. The van der Waals surface area contributed by atoms with Crippen LogP contribution in [0.15, 0.2) is 41.0 Å². The lowest BCUT2D eigenvalue weighted by Gasteiger charge is -2.17. The summed E-state index contributed by atoms with van der Waals surface area (Å²) in [6.07, 6.45) is 2.74. The zero-order valence-electron chi connectivity index (χ0n) is 12.1. The molecule has 1 heterocycles. The van der Waals surface area contributed by atoms with Crippen molar-refractivity contribution in [3.63, 3.8) is 0 Å². The van der Waals surface area contributed by atoms with Gasteiger partial charge in [-0.3, -0.25) is 0 Å². The van der Waals surface area contributed by atoms with Crippen LogP contribution in [0.4, 0.5) is 4.39 Å². The van der Waals surface area contributed by atoms with Gasteiger partial charge in [0, 0.05) is 17.8 Å². The maximum atomic E-state index is 13.1. The van der Waals surface area contributed by atoms with E-state index in [9.17, 15) is 4.39 Å². The lowest BCUT2D eigenvalue weighted by atomic mass is 10.1. The van der Waals surface area contributed by atoms with E-state index in [2.05, 4.69) is 40.1 Å². The van der Waals surface area contributed by atoms with Crippen LogP contribution in [0, 0.1) is 5.82 Å². The Labute approximate surface area is 132 Å². The summed E-state index contributed by atoms with van der Waals surface area (Å²) in [5.41, 5.74) is 0.974. The fourth-order valence-corrected chi connectivity index (χ4v) is 2.38. The van der Waals surface area contributed by atoms with Crippen LogP contribution in [-0.2, 0) is 0 Å². The highest BCUT2D eigenvalue weighted by Gasteiger charge is 2.14. The highest BCUT2D eigenvalue weighted by atomic mass is 79.9. The standard InChI is InChI=1S/C16H18BrFN2O/c1-3-8-19-11(2)13-5-4-9-20-16(13)21-15-7-6-12(18)10-14(15)17/h4-7,9-11,19H,3,8H2,1-2H3. The van der Waals surface area contributed by atoms with E-state index in [4.69, 9.17) is 4.74 Å². The second-order valence-corrected chi connectivity index (χ2v) is 5.60. The highest BCUT2D eigenvalue weighted by molar-refractivity contribution is 9.10. The van der Waals surface area contributed by atoms with Crippen LogP contribution in [0.1, 0.15) is 31.9 Å². The zero-order valence-corrected chi connectivity index (χ0v) is 13.7. The lowest BCUT2D eigenvalue weighted by molar-refractivity contribution is 0.438. The van der Waals surface area contributed by atoms with Crippen LogP contribution in [0.3, 0.4) is 0 Å². The van der Waals surface area contributed by atoms with Crippen LogP contribution in [0.2, 0.25) is 0 Å². The predicted octanol–water partition coefficient (Wildman–Crippen LogP) is 4.84. The first-order chi connectivity index (χ1) is 10.1. The van der Waals surface area contributed by atoms with Gasteiger partial charge in [-0.1, -0.05) is 13.0 Å². The molecular weight excluding hydrogens is 335 g/mol. The number of aromatic nitrogens is 1. The van der Waals surface area contributed by atoms with Gasteiger partial charge < -0.3 is 10.1 Å². The van der Waals surface area contributed by atoms with Crippen LogP contribution in [0.5, 0.6) is 11.6 Å². The Morgan fingerprint density at radius 2 is 2.19 bits per heavy atom. The van der Waals surface area contributed by atoms with E-state index in [1.807, 2.05) is 12.1 Å². The third-order valence-corrected chi connectivity index (χ3v) is 3.69. The first kappa shape index (κ1) is 15.9. The molecule has 1 unspecified atom stereocenters. The number of hydrogen-bond donors (Lipinski definition) is 1. The Morgan fingerprint density at radius 1 is 1.38 bits per heavy atom. The molecule has 0 aliphatic carbocycles. The van der Waals surface area contributed by atoms with E-state index in [0.29, 0.717) is 16.1 Å². The smallest absolute Gasteiger partial charge is 0.224 e. The summed E-state index contributed by atoms with van der Waals surface area (Å²) in [6.45, 7) is 5.12. The minimum absolute atomic E-state index is 0.132. The molecule has 1 aromatic heterocycles. The molecule has 0 aliphatic heterocycles. The van der Waals surface area contributed by atoms with Crippen molar-refractivity contribution in [2.24, 2.45) is 0 Å². The van der Waals surface area contributed by atoms with Crippen molar-refractivity contribution in [3.05, 3.63) is 52.4 Å². The van der Waals surface area contributed by atoms with Crippen molar-refractivity contribution < 1.29 is 9.13 Å². The quantitative estimate of drug-likeness (QED) is 0.807. The fourth-order valence-electron chi connectivity index (χ4n) is 1.95. The van der Waals surface area contributed by atoms with Gasteiger partial charge in [0.2, 0.25) is 5.88 Å². The Morgan fingerprint density at radius 3 is 2.90 bits per heavy atom. The van der Waals surface area contributed by atoms with Crippen molar-refractivity contribution in [1.29, 1.82) is 0 Å². The number of ether oxygens (including phenoxy) is 1. The van der Waals surface area contributed by atoms with Gasteiger partial charge in [0.15, 0.2) is 0 Å². The molecule has 1 aromatic carbocycles. The van der Waals surface area contributed by atoms with Crippen molar-refractivity contribution in [1.82, 2.24) is 10.3 Å². The van der Waals surface area contributed by atoms with E-state index in [1.165, 1.54) is 12.1 Å². The number of rotatable bonds is 6. The third kappa shape index (κ3) is 4.25. The number of hydrogen-bond acceptors (Lipinski definition) is 3. The molecule has 112 valence electrons. The summed E-state index contributed by atoms with van der Waals surface area (Å²) in [5, 5.41) is 3.41. The minimum atomic E-state index is -0.312. The molecule has 0 fully saturated rings.